The van der Waals surface area contributed by atoms with E-state index in [2.05, 4.69) is 42.6 Å². The smallest absolute Gasteiger partial charge is 0.309 e. The first-order valence-electron chi connectivity index (χ1n) is 4.17. The predicted octanol–water partition coefficient (Wildman–Crippen LogP) is 1.81. The fourth-order valence-corrected chi connectivity index (χ4v) is 0.655. The van der Waals surface area contributed by atoms with Gasteiger partial charge in [-0.2, -0.15) is 0 Å². The normalized spacial score (nSPS) is 10.6. The molecule has 0 fully saturated rings. The Hall–Kier alpha value is 0.324. The molecule has 0 aromatic heterocycles. The Bertz CT molecular complexity index is 242. The van der Waals surface area contributed by atoms with Gasteiger partial charge < -0.3 is 55.3 Å². The Labute approximate surface area is 129 Å². The molecule has 0 amide bonds. The van der Waals surface area contributed by atoms with E-state index in [9.17, 15) is 4.79 Å². The third-order valence-corrected chi connectivity index (χ3v) is 2.57. The first-order valence-corrected chi connectivity index (χ1v) is 5.93. The summed E-state index contributed by atoms with van der Waals surface area (Å²) in [4.78, 5) is 11.4. The quantitative estimate of drug-likeness (QED) is 0.337. The topological polar surface area (TPSA) is 26.3 Å². The van der Waals surface area contributed by atoms with E-state index >= 15 is 0 Å². The summed E-state index contributed by atoms with van der Waals surface area (Å²) in [6.45, 7) is 4.04. The van der Waals surface area contributed by atoms with Crippen LogP contribution in [0.4, 0.5) is 0 Å². The van der Waals surface area contributed by atoms with Gasteiger partial charge in [-0.15, -0.1) is 4.91 Å². The van der Waals surface area contributed by atoms with Gasteiger partial charge in [0.1, 0.15) is 0 Å². The molecule has 0 saturated carbocycles. The van der Waals surface area contributed by atoms with Gasteiger partial charge in [-0.25, -0.2) is 20.5 Å². The number of carbonyl (C=O) groups excluding carboxylic acids is 1. The Kier molecular flexibility index (Phi) is 20.7. The molecule has 7 heteroatoms. The second kappa shape index (κ2) is 15.3. The average Bonchev–Trinajstić information content (AvgIpc) is 2.27. The summed E-state index contributed by atoms with van der Waals surface area (Å²) in [6, 6.07) is 0. The monoisotopic (exact) mass is 338 g/mol. The van der Waals surface area contributed by atoms with Crippen LogP contribution in [0, 0.1) is 0 Å². The van der Waals surface area contributed by atoms with E-state index in [0.717, 1.165) is 16.7 Å². The molecule has 0 aliphatic heterocycles. The number of rotatable bonds is 3. The summed E-state index contributed by atoms with van der Waals surface area (Å²) in [5.41, 5.74) is 0. The third-order valence-electron chi connectivity index (χ3n) is 1.06. The summed E-state index contributed by atoms with van der Waals surface area (Å²) in [5.74, 6) is -0.512. The zero-order valence-electron chi connectivity index (χ0n) is 8.83. The van der Waals surface area contributed by atoms with Crippen molar-refractivity contribution in [2.24, 2.45) is 0 Å². The molecule has 16 heavy (non-hydrogen) atoms. The van der Waals surface area contributed by atoms with Crippen LogP contribution in [-0.2, 0) is 76.5 Å². The molecule has 0 atom stereocenters. The van der Waals surface area contributed by atoms with E-state index in [1.807, 2.05) is 6.92 Å². The minimum absolute atomic E-state index is 0. The van der Waals surface area contributed by atoms with Crippen LogP contribution in [0.15, 0.2) is 20.6 Å². The molecular weight excluding hydrogens is 327 g/mol. The molecule has 0 N–H and O–H groups in total. The van der Waals surface area contributed by atoms with Crippen LogP contribution in [0.2, 0.25) is 0 Å². The fourth-order valence-electron chi connectivity index (χ4n) is 0.334. The van der Waals surface area contributed by atoms with Gasteiger partial charge in [0.05, 0.1) is 6.61 Å². The van der Waals surface area contributed by atoms with E-state index in [-0.39, 0.29) is 21.4 Å². The van der Waals surface area contributed by atoms with Crippen molar-refractivity contribution in [2.75, 3.05) is 6.61 Å². The molecule has 0 heterocycles. The van der Waals surface area contributed by atoms with Crippen molar-refractivity contribution in [3.05, 3.63) is 20.6 Å². The molecule has 2 nitrogen and oxygen atoms in total. The number of esters is 1. The Morgan fingerprint density at radius 3 is 1.88 bits per heavy atom. The largest absolute Gasteiger partial charge is 0.789 e. The van der Waals surface area contributed by atoms with Crippen LogP contribution in [-0.4, -0.2) is 12.6 Å². The summed E-state index contributed by atoms with van der Waals surface area (Å²) in [7, 11) is 0. The molecule has 0 rings (SSSR count). The molecule has 0 aliphatic rings. The zero-order chi connectivity index (χ0) is 12.3. The van der Waals surface area contributed by atoms with Gasteiger partial charge in [-0.05, 0) is 6.92 Å². The van der Waals surface area contributed by atoms with Gasteiger partial charge in [0.15, 0.2) is 0 Å². The number of allylic oxidation sites excluding steroid dienone is 1. The van der Waals surface area contributed by atoms with Gasteiger partial charge in [0, 0.05) is 16.5 Å². The van der Waals surface area contributed by atoms with Crippen LogP contribution in [0.1, 0.15) is 20.3 Å². The molecule has 0 unspecified atom stereocenters. The summed E-state index contributed by atoms with van der Waals surface area (Å²) < 4.78 is 4.52. The van der Waals surface area contributed by atoms with Crippen molar-refractivity contribution in [1.29, 1.82) is 0 Å². The summed E-state index contributed by atoms with van der Waals surface area (Å²) in [6.07, 6.45) is 0.902. The van der Waals surface area contributed by atoms with Crippen LogP contribution in [0.3, 0.4) is 0 Å². The van der Waals surface area contributed by atoms with Crippen LogP contribution in [0.5, 0.6) is 0 Å². The first kappa shape index (κ1) is 21.6. The molecule has 0 saturated heterocycles. The summed E-state index contributed by atoms with van der Waals surface area (Å²) >= 11 is 18.1. The maximum absolute atomic E-state index is 10.5. The van der Waals surface area contributed by atoms with Crippen LogP contribution >= 0.6 is 0 Å². The second-order valence-electron chi connectivity index (χ2n) is 2.14. The average molecular weight is 339 g/mol. The predicted molar refractivity (Wildman–Crippen MR) is 72.6 cm³/mol. The Morgan fingerprint density at radius 2 is 1.69 bits per heavy atom. The standard InChI is InChI=1S/C5H8O2S2.C4H8S2.Ni/c1-2-7-5(6)4(9)3-8;1-2-4(6)3-5;/h3,8-9H,2H2,1H3;3,5-6H,2H2,1H3;/p-4/b2*4-3-;. The maximum atomic E-state index is 10.5. The number of ether oxygens (including phenoxy) is 1. The molecule has 0 aromatic rings. The van der Waals surface area contributed by atoms with Gasteiger partial charge in [-0.1, -0.05) is 13.3 Å². The fraction of sp³-hybridized carbons (Fsp3) is 0.444. The molecule has 0 radical (unpaired) electrons. The van der Waals surface area contributed by atoms with Crippen molar-refractivity contribution in [1.82, 2.24) is 0 Å². The van der Waals surface area contributed by atoms with E-state index in [0.29, 0.717) is 6.61 Å². The minimum Gasteiger partial charge on any atom is -0.789 e. The molecular formula is C9H12NiO2S4-4. The van der Waals surface area contributed by atoms with Crippen molar-refractivity contribution >= 4 is 56.5 Å². The molecule has 98 valence electrons. The zero-order valence-corrected chi connectivity index (χ0v) is 13.1. The third kappa shape index (κ3) is 14.3. The molecule has 0 bridgehead atoms. The number of hydrogen-bond donors (Lipinski definition) is 0. The molecule has 0 aliphatic carbocycles. The SMILES string of the molecule is CC/C([S-])=C/[S-].CCOC(=O)/C([S-])=C/[S-].[Ni]. The molecule has 0 spiro atoms. The Balaban J connectivity index is -0.000000214. The van der Waals surface area contributed by atoms with Crippen molar-refractivity contribution in [3.63, 3.8) is 0 Å². The van der Waals surface area contributed by atoms with E-state index in [1.54, 1.807) is 6.92 Å². The first-order chi connectivity index (χ1) is 7.03. The van der Waals surface area contributed by atoms with E-state index < -0.39 is 5.97 Å². The van der Waals surface area contributed by atoms with Crippen molar-refractivity contribution in [2.45, 2.75) is 20.3 Å². The van der Waals surface area contributed by atoms with E-state index in [1.165, 1.54) is 5.41 Å². The number of carbonyl (C=O) groups is 1. The number of hydrogen-bond acceptors (Lipinski definition) is 6. The van der Waals surface area contributed by atoms with Gasteiger partial charge in [-0.3, -0.25) is 0 Å². The van der Waals surface area contributed by atoms with Crippen molar-refractivity contribution < 1.29 is 26.0 Å². The van der Waals surface area contributed by atoms with Gasteiger partial charge in [0.25, 0.3) is 0 Å². The molecule has 0 aromatic carbocycles. The van der Waals surface area contributed by atoms with Gasteiger partial charge in [0.2, 0.25) is 0 Å². The van der Waals surface area contributed by atoms with Crippen molar-refractivity contribution in [3.8, 4) is 0 Å². The minimum atomic E-state index is -0.512. The van der Waals surface area contributed by atoms with Crippen LogP contribution in [0.25, 0.3) is 0 Å². The second-order valence-corrected chi connectivity index (χ2v) is 3.58. The van der Waals surface area contributed by atoms with Gasteiger partial charge >= 0.3 is 5.97 Å². The van der Waals surface area contributed by atoms with Crippen LogP contribution < -0.4 is 0 Å². The summed E-state index contributed by atoms with van der Waals surface area (Å²) in [5, 5.41) is 2.67. The Morgan fingerprint density at radius 1 is 1.19 bits per heavy atom. The van der Waals surface area contributed by atoms with E-state index in [4.69, 9.17) is 12.6 Å². The maximum Gasteiger partial charge on any atom is 0.309 e.